The zero-order valence-corrected chi connectivity index (χ0v) is 12.0. The molecule has 0 saturated heterocycles. The van der Waals surface area contributed by atoms with Crippen LogP contribution < -0.4 is 11.1 Å². The Morgan fingerprint density at radius 1 is 1.47 bits per heavy atom. The Labute approximate surface area is 121 Å². The highest BCUT2D eigenvalue weighted by Crippen LogP contribution is 2.22. The van der Waals surface area contributed by atoms with E-state index in [9.17, 15) is 14.4 Å². The summed E-state index contributed by atoms with van der Waals surface area (Å²) in [5.41, 5.74) is 4.90. The molecule has 0 unspecified atom stereocenters. The van der Waals surface area contributed by atoms with Crippen LogP contribution in [0.15, 0.2) is 22.0 Å². The van der Waals surface area contributed by atoms with Crippen LogP contribution in [0.2, 0.25) is 0 Å². The van der Waals surface area contributed by atoms with Crippen molar-refractivity contribution in [1.82, 2.24) is 5.32 Å². The first-order chi connectivity index (χ1) is 8.88. The van der Waals surface area contributed by atoms with Crippen molar-refractivity contribution >= 4 is 51.1 Å². The molecular formula is C11H11BrN2O4S. The molecule has 1 heterocycles. The van der Waals surface area contributed by atoms with E-state index in [1.54, 1.807) is 12.1 Å². The molecule has 1 aromatic rings. The van der Waals surface area contributed by atoms with E-state index in [0.717, 1.165) is 8.66 Å². The second kappa shape index (κ2) is 7.05. The number of aliphatic carboxylic acids is 1. The van der Waals surface area contributed by atoms with Crippen molar-refractivity contribution in [3.05, 3.63) is 26.9 Å². The molecule has 6 nitrogen and oxygen atoms in total. The highest BCUT2D eigenvalue weighted by atomic mass is 79.9. The number of hydrogen-bond acceptors (Lipinski definition) is 4. The largest absolute Gasteiger partial charge is 0.480 e. The SMILES string of the molecule is NC(=O)C[C@H](NC(=O)/C=C/c1ccc(Br)s1)C(=O)O. The first-order valence-electron chi connectivity index (χ1n) is 5.13. The summed E-state index contributed by atoms with van der Waals surface area (Å²) in [5.74, 6) is -2.70. The molecule has 0 radical (unpaired) electrons. The van der Waals surface area contributed by atoms with Crippen molar-refractivity contribution < 1.29 is 19.5 Å². The number of thiophene rings is 1. The van der Waals surface area contributed by atoms with Crippen molar-refractivity contribution in [2.75, 3.05) is 0 Å². The molecule has 0 saturated carbocycles. The molecule has 0 aliphatic rings. The van der Waals surface area contributed by atoms with Gasteiger partial charge in [-0.05, 0) is 34.1 Å². The Bertz CT molecular complexity index is 527. The lowest BCUT2D eigenvalue weighted by Gasteiger charge is -2.10. The molecule has 0 aliphatic carbocycles. The predicted molar refractivity (Wildman–Crippen MR) is 74.4 cm³/mol. The first kappa shape index (κ1) is 15.4. The van der Waals surface area contributed by atoms with E-state index in [4.69, 9.17) is 10.8 Å². The van der Waals surface area contributed by atoms with Crippen molar-refractivity contribution in [2.24, 2.45) is 5.73 Å². The van der Waals surface area contributed by atoms with Gasteiger partial charge in [0, 0.05) is 11.0 Å². The van der Waals surface area contributed by atoms with Crippen LogP contribution in [-0.4, -0.2) is 28.9 Å². The number of carboxylic acids is 1. The maximum absolute atomic E-state index is 11.5. The monoisotopic (exact) mass is 346 g/mol. The highest BCUT2D eigenvalue weighted by molar-refractivity contribution is 9.11. The Morgan fingerprint density at radius 3 is 2.63 bits per heavy atom. The van der Waals surface area contributed by atoms with Crippen LogP contribution >= 0.6 is 27.3 Å². The number of rotatable bonds is 6. The third kappa shape index (κ3) is 5.66. The average molecular weight is 347 g/mol. The van der Waals surface area contributed by atoms with E-state index >= 15 is 0 Å². The molecule has 1 rings (SSSR count). The summed E-state index contributed by atoms with van der Waals surface area (Å²) >= 11 is 4.71. The lowest BCUT2D eigenvalue weighted by molar-refractivity contribution is -0.142. The summed E-state index contributed by atoms with van der Waals surface area (Å²) in [5, 5.41) is 11.0. The quantitative estimate of drug-likeness (QED) is 0.666. The topological polar surface area (TPSA) is 109 Å². The van der Waals surface area contributed by atoms with Crippen molar-refractivity contribution in [3.63, 3.8) is 0 Å². The fraction of sp³-hybridized carbons (Fsp3) is 0.182. The molecule has 0 spiro atoms. The van der Waals surface area contributed by atoms with E-state index in [2.05, 4.69) is 21.2 Å². The number of carbonyl (C=O) groups is 3. The van der Waals surface area contributed by atoms with Gasteiger partial charge in [-0.2, -0.15) is 0 Å². The van der Waals surface area contributed by atoms with Crippen molar-refractivity contribution in [1.29, 1.82) is 0 Å². The summed E-state index contributed by atoms with van der Waals surface area (Å²) in [6.07, 6.45) is 2.31. The molecule has 19 heavy (non-hydrogen) atoms. The summed E-state index contributed by atoms with van der Waals surface area (Å²) in [7, 11) is 0. The molecule has 102 valence electrons. The number of nitrogens with two attached hydrogens (primary N) is 1. The second-order valence-electron chi connectivity index (χ2n) is 3.55. The van der Waals surface area contributed by atoms with Gasteiger partial charge in [-0.3, -0.25) is 9.59 Å². The van der Waals surface area contributed by atoms with Crippen LogP contribution in [0.5, 0.6) is 0 Å². The highest BCUT2D eigenvalue weighted by Gasteiger charge is 2.20. The minimum atomic E-state index is -1.32. The standard InChI is InChI=1S/C11H11BrN2O4S/c12-8-3-1-6(19-8)2-4-10(16)14-7(11(17)18)5-9(13)15/h1-4,7H,5H2,(H2,13,15)(H,14,16)(H,17,18)/b4-2+/t7-/m0/s1. The van der Waals surface area contributed by atoms with Gasteiger partial charge in [0.2, 0.25) is 11.8 Å². The van der Waals surface area contributed by atoms with Gasteiger partial charge in [-0.15, -0.1) is 11.3 Å². The van der Waals surface area contributed by atoms with Gasteiger partial charge in [0.05, 0.1) is 10.2 Å². The number of carbonyl (C=O) groups excluding carboxylic acids is 2. The normalized spacial score (nSPS) is 12.3. The third-order valence-corrected chi connectivity index (χ3v) is 3.60. The van der Waals surface area contributed by atoms with Gasteiger partial charge >= 0.3 is 5.97 Å². The Kier molecular flexibility index (Phi) is 5.71. The number of carboxylic acid groups (broad SMARTS) is 1. The summed E-state index contributed by atoms with van der Waals surface area (Å²) in [6.45, 7) is 0. The van der Waals surface area contributed by atoms with Crippen LogP contribution in [0.25, 0.3) is 6.08 Å². The van der Waals surface area contributed by atoms with Gasteiger partial charge in [0.1, 0.15) is 6.04 Å². The van der Waals surface area contributed by atoms with E-state index in [-0.39, 0.29) is 0 Å². The van der Waals surface area contributed by atoms with Gasteiger partial charge in [0.25, 0.3) is 0 Å². The number of hydrogen-bond donors (Lipinski definition) is 3. The molecule has 0 aliphatic heterocycles. The molecule has 0 bridgehead atoms. The molecular weight excluding hydrogens is 336 g/mol. The smallest absolute Gasteiger partial charge is 0.326 e. The van der Waals surface area contributed by atoms with Crippen LogP contribution in [0.4, 0.5) is 0 Å². The first-order valence-corrected chi connectivity index (χ1v) is 6.74. The van der Waals surface area contributed by atoms with E-state index in [1.807, 2.05) is 6.07 Å². The molecule has 2 amide bonds. The fourth-order valence-corrected chi connectivity index (χ4v) is 2.52. The molecule has 0 aromatic carbocycles. The number of primary amides is 1. The summed E-state index contributed by atoms with van der Waals surface area (Å²) < 4.78 is 0.921. The fourth-order valence-electron chi connectivity index (χ4n) is 1.20. The number of nitrogens with one attached hydrogen (secondary N) is 1. The lowest BCUT2D eigenvalue weighted by Crippen LogP contribution is -2.42. The van der Waals surface area contributed by atoms with Crippen LogP contribution in [0.3, 0.4) is 0 Å². The number of amides is 2. The maximum Gasteiger partial charge on any atom is 0.326 e. The Balaban J connectivity index is 2.60. The minimum absolute atomic E-state index is 0.445. The zero-order valence-electron chi connectivity index (χ0n) is 9.63. The zero-order chi connectivity index (χ0) is 14.4. The molecule has 1 aromatic heterocycles. The van der Waals surface area contributed by atoms with Gasteiger partial charge in [0.15, 0.2) is 0 Å². The van der Waals surface area contributed by atoms with Crippen molar-refractivity contribution in [2.45, 2.75) is 12.5 Å². The van der Waals surface area contributed by atoms with Gasteiger partial charge < -0.3 is 16.2 Å². The summed E-state index contributed by atoms with van der Waals surface area (Å²) in [4.78, 5) is 33.8. The maximum atomic E-state index is 11.5. The van der Waals surface area contributed by atoms with Crippen LogP contribution in [0.1, 0.15) is 11.3 Å². The van der Waals surface area contributed by atoms with E-state index in [1.165, 1.54) is 17.4 Å². The van der Waals surface area contributed by atoms with Crippen LogP contribution in [-0.2, 0) is 14.4 Å². The predicted octanol–water partition coefficient (Wildman–Crippen LogP) is 0.969. The molecule has 1 atom stereocenters. The van der Waals surface area contributed by atoms with Crippen LogP contribution in [0, 0.1) is 0 Å². The Morgan fingerprint density at radius 2 is 2.16 bits per heavy atom. The average Bonchev–Trinajstić information content (AvgIpc) is 2.71. The second-order valence-corrected chi connectivity index (χ2v) is 6.04. The van der Waals surface area contributed by atoms with E-state index in [0.29, 0.717) is 0 Å². The Hall–Kier alpha value is -1.67. The third-order valence-electron chi connectivity index (χ3n) is 2.01. The minimum Gasteiger partial charge on any atom is -0.480 e. The van der Waals surface area contributed by atoms with Gasteiger partial charge in [-0.1, -0.05) is 0 Å². The van der Waals surface area contributed by atoms with E-state index < -0.39 is 30.2 Å². The van der Waals surface area contributed by atoms with Gasteiger partial charge in [-0.25, -0.2) is 4.79 Å². The lowest BCUT2D eigenvalue weighted by atomic mass is 10.2. The molecule has 8 heteroatoms. The molecule has 4 N–H and O–H groups in total. The number of halogens is 1. The summed E-state index contributed by atoms with van der Waals surface area (Å²) in [6, 6.07) is 2.32. The molecule has 0 fully saturated rings. The van der Waals surface area contributed by atoms with Crippen molar-refractivity contribution in [3.8, 4) is 0 Å².